The number of aryl methyl sites for hydroxylation is 1. The van der Waals surface area contributed by atoms with Gasteiger partial charge in [-0.2, -0.15) is 0 Å². The topological polar surface area (TPSA) is 60.2 Å². The number of methoxy groups -OCH3 is 1. The highest BCUT2D eigenvalue weighted by Gasteiger charge is 2.04. The zero-order chi connectivity index (χ0) is 9.68. The number of ether oxygens (including phenoxy) is 1. The molecule has 1 heterocycles. The molecule has 0 spiro atoms. The summed E-state index contributed by atoms with van der Waals surface area (Å²) in [7, 11) is 1.69. The standard InChI is InChI=1S/C8H15N3O2/c1-6(12-3)4-9-5-8-7(2)10-13-11-8/h6,9H,4-5H2,1-3H3. The molecule has 0 aliphatic heterocycles. The lowest BCUT2D eigenvalue weighted by Gasteiger charge is -2.09. The smallest absolute Gasteiger partial charge is 0.121 e. The average Bonchev–Trinajstić information content (AvgIpc) is 2.52. The van der Waals surface area contributed by atoms with E-state index in [1.165, 1.54) is 0 Å². The van der Waals surface area contributed by atoms with Gasteiger partial charge in [0.2, 0.25) is 0 Å². The third-order valence-electron chi connectivity index (χ3n) is 1.87. The first-order valence-corrected chi connectivity index (χ1v) is 4.25. The van der Waals surface area contributed by atoms with Crippen molar-refractivity contribution < 1.29 is 9.37 Å². The molecule has 0 aliphatic rings. The van der Waals surface area contributed by atoms with Gasteiger partial charge in [-0.3, -0.25) is 0 Å². The zero-order valence-electron chi connectivity index (χ0n) is 8.20. The predicted octanol–water partition coefficient (Wildman–Crippen LogP) is 0.503. The lowest BCUT2D eigenvalue weighted by atomic mass is 10.3. The van der Waals surface area contributed by atoms with Gasteiger partial charge < -0.3 is 10.1 Å². The summed E-state index contributed by atoms with van der Waals surface area (Å²) in [5.74, 6) is 0. The molecule has 0 saturated heterocycles. The Hall–Kier alpha value is -0.940. The number of hydrogen-bond acceptors (Lipinski definition) is 5. The molecule has 5 nitrogen and oxygen atoms in total. The molecule has 1 aromatic rings. The average molecular weight is 185 g/mol. The van der Waals surface area contributed by atoms with E-state index in [-0.39, 0.29) is 6.10 Å². The molecule has 0 bridgehead atoms. The Kier molecular flexibility index (Phi) is 3.85. The largest absolute Gasteiger partial charge is 0.380 e. The minimum absolute atomic E-state index is 0.208. The summed E-state index contributed by atoms with van der Waals surface area (Å²) in [5.41, 5.74) is 1.68. The maximum atomic E-state index is 5.08. The van der Waals surface area contributed by atoms with Crippen LogP contribution in [0.1, 0.15) is 18.3 Å². The van der Waals surface area contributed by atoms with Gasteiger partial charge in [0.25, 0.3) is 0 Å². The van der Waals surface area contributed by atoms with Gasteiger partial charge in [0.05, 0.1) is 6.10 Å². The first kappa shape index (κ1) is 10.1. The van der Waals surface area contributed by atoms with E-state index in [9.17, 15) is 0 Å². The summed E-state index contributed by atoms with van der Waals surface area (Å²) < 4.78 is 9.64. The van der Waals surface area contributed by atoms with Crippen molar-refractivity contribution in [1.29, 1.82) is 0 Å². The van der Waals surface area contributed by atoms with Crippen molar-refractivity contribution >= 4 is 0 Å². The van der Waals surface area contributed by atoms with Crippen molar-refractivity contribution in [3.8, 4) is 0 Å². The molecule has 1 unspecified atom stereocenters. The Balaban J connectivity index is 2.24. The van der Waals surface area contributed by atoms with Crippen molar-refractivity contribution in [3.63, 3.8) is 0 Å². The van der Waals surface area contributed by atoms with Gasteiger partial charge >= 0.3 is 0 Å². The number of rotatable bonds is 5. The van der Waals surface area contributed by atoms with Crippen LogP contribution in [0.4, 0.5) is 0 Å². The normalized spacial score (nSPS) is 13.2. The maximum absolute atomic E-state index is 5.08. The molecule has 0 aliphatic carbocycles. The Labute approximate surface area is 77.4 Å². The highest BCUT2D eigenvalue weighted by molar-refractivity contribution is 5.03. The molecule has 5 heteroatoms. The molecule has 1 aromatic heterocycles. The van der Waals surface area contributed by atoms with Crippen LogP contribution in [0, 0.1) is 6.92 Å². The molecule has 0 saturated carbocycles. The summed E-state index contributed by atoms with van der Waals surface area (Å²) in [6.07, 6.45) is 0.208. The van der Waals surface area contributed by atoms with Crippen LogP contribution in [0.3, 0.4) is 0 Å². The predicted molar refractivity (Wildman–Crippen MR) is 47.2 cm³/mol. The van der Waals surface area contributed by atoms with Crippen molar-refractivity contribution in [2.75, 3.05) is 13.7 Å². The lowest BCUT2D eigenvalue weighted by Crippen LogP contribution is -2.25. The van der Waals surface area contributed by atoms with Crippen molar-refractivity contribution in [2.24, 2.45) is 0 Å². The molecule has 74 valence electrons. The van der Waals surface area contributed by atoms with E-state index in [0.29, 0.717) is 6.54 Å². The Morgan fingerprint density at radius 1 is 1.54 bits per heavy atom. The first-order chi connectivity index (χ1) is 6.24. The minimum atomic E-state index is 0.208. The van der Waals surface area contributed by atoms with Crippen LogP contribution in [0.15, 0.2) is 4.63 Å². The second kappa shape index (κ2) is 4.94. The van der Waals surface area contributed by atoms with Crippen LogP contribution in [0.2, 0.25) is 0 Å². The van der Waals surface area contributed by atoms with E-state index in [1.54, 1.807) is 7.11 Å². The number of nitrogens with one attached hydrogen (secondary N) is 1. The van der Waals surface area contributed by atoms with Gasteiger partial charge in [-0.25, -0.2) is 4.63 Å². The van der Waals surface area contributed by atoms with Gasteiger partial charge in [0.1, 0.15) is 11.4 Å². The molecule has 1 atom stereocenters. The third-order valence-corrected chi connectivity index (χ3v) is 1.87. The number of aromatic nitrogens is 2. The van der Waals surface area contributed by atoms with Crippen molar-refractivity contribution in [3.05, 3.63) is 11.4 Å². The van der Waals surface area contributed by atoms with Crippen molar-refractivity contribution in [1.82, 2.24) is 15.6 Å². The van der Waals surface area contributed by atoms with Crippen molar-refractivity contribution in [2.45, 2.75) is 26.5 Å². The van der Waals surface area contributed by atoms with Crippen LogP contribution in [-0.4, -0.2) is 30.1 Å². The van der Waals surface area contributed by atoms with E-state index in [1.807, 2.05) is 13.8 Å². The Morgan fingerprint density at radius 3 is 2.85 bits per heavy atom. The van der Waals surface area contributed by atoms with E-state index in [2.05, 4.69) is 20.3 Å². The van der Waals surface area contributed by atoms with Gasteiger partial charge in [-0.15, -0.1) is 0 Å². The van der Waals surface area contributed by atoms with Gasteiger partial charge in [-0.05, 0) is 13.8 Å². The lowest BCUT2D eigenvalue weighted by molar-refractivity contribution is 0.117. The van der Waals surface area contributed by atoms with Crippen LogP contribution in [0.25, 0.3) is 0 Å². The summed E-state index contributed by atoms with van der Waals surface area (Å²) in [6.45, 7) is 5.33. The van der Waals surface area contributed by atoms with Crippen LogP contribution < -0.4 is 5.32 Å². The molecular formula is C8H15N3O2. The van der Waals surface area contributed by atoms with Crippen LogP contribution in [0.5, 0.6) is 0 Å². The van der Waals surface area contributed by atoms with Gasteiger partial charge in [0.15, 0.2) is 0 Å². The Bertz CT molecular complexity index is 249. The highest BCUT2D eigenvalue weighted by Crippen LogP contribution is 1.99. The SMILES string of the molecule is COC(C)CNCc1nonc1C. The molecule has 0 aromatic carbocycles. The van der Waals surface area contributed by atoms with E-state index in [4.69, 9.17) is 4.74 Å². The van der Waals surface area contributed by atoms with Crippen LogP contribution >= 0.6 is 0 Å². The molecule has 0 radical (unpaired) electrons. The van der Waals surface area contributed by atoms with E-state index < -0.39 is 0 Å². The highest BCUT2D eigenvalue weighted by atomic mass is 16.6. The molecule has 0 amide bonds. The zero-order valence-corrected chi connectivity index (χ0v) is 8.20. The second-order valence-electron chi connectivity index (χ2n) is 2.97. The summed E-state index contributed by atoms with van der Waals surface area (Å²) >= 11 is 0. The first-order valence-electron chi connectivity index (χ1n) is 4.25. The quantitative estimate of drug-likeness (QED) is 0.724. The second-order valence-corrected chi connectivity index (χ2v) is 2.97. The molecule has 0 fully saturated rings. The minimum Gasteiger partial charge on any atom is -0.380 e. The van der Waals surface area contributed by atoms with Crippen LogP contribution in [-0.2, 0) is 11.3 Å². The maximum Gasteiger partial charge on any atom is 0.121 e. The fraction of sp³-hybridized carbons (Fsp3) is 0.750. The number of nitrogens with zero attached hydrogens (tertiary/aromatic N) is 2. The van der Waals surface area contributed by atoms with E-state index in [0.717, 1.165) is 17.9 Å². The molecular weight excluding hydrogens is 170 g/mol. The summed E-state index contributed by atoms with van der Waals surface area (Å²) in [6, 6.07) is 0. The molecule has 1 N–H and O–H groups in total. The van der Waals surface area contributed by atoms with E-state index >= 15 is 0 Å². The summed E-state index contributed by atoms with van der Waals surface area (Å²) in [5, 5.41) is 10.6. The fourth-order valence-corrected chi connectivity index (χ4v) is 0.887. The summed E-state index contributed by atoms with van der Waals surface area (Å²) in [4.78, 5) is 0. The third kappa shape index (κ3) is 3.12. The molecule has 13 heavy (non-hydrogen) atoms. The van der Waals surface area contributed by atoms with Gasteiger partial charge in [-0.1, -0.05) is 10.3 Å². The monoisotopic (exact) mass is 185 g/mol. The Morgan fingerprint density at radius 2 is 2.31 bits per heavy atom. The fourth-order valence-electron chi connectivity index (χ4n) is 0.887. The number of hydrogen-bond donors (Lipinski definition) is 1. The van der Waals surface area contributed by atoms with Gasteiger partial charge in [0, 0.05) is 20.2 Å². The molecule has 1 rings (SSSR count).